The van der Waals surface area contributed by atoms with Crippen LogP contribution in [0.5, 0.6) is 0 Å². The minimum absolute atomic E-state index is 0.0144. The molecule has 0 unspecified atom stereocenters. The molecule has 0 aromatic carbocycles. The minimum Gasteiger partial charge on any atom is -0.423 e. The van der Waals surface area contributed by atoms with E-state index in [1.54, 1.807) is 29.4 Å². The number of hydrogen-bond acceptors (Lipinski definition) is 6. The van der Waals surface area contributed by atoms with E-state index < -0.39 is 0 Å². The number of pyridine rings is 1. The predicted octanol–water partition coefficient (Wildman–Crippen LogP) is 1.78. The standard InChI is InChI=1S/C17H17N5O2/c18-10-14-17(24-15(20-14)12-3-4-12)22-8-6-21(7-9-22)16(23)13-2-1-5-19-11-13/h1-2,5,11-12H,3-4,6-9H2. The molecule has 3 heterocycles. The maximum atomic E-state index is 12.4. The van der Waals surface area contributed by atoms with E-state index in [0.29, 0.717) is 55.1 Å². The predicted molar refractivity (Wildman–Crippen MR) is 85.5 cm³/mol. The maximum Gasteiger partial charge on any atom is 0.255 e. The van der Waals surface area contributed by atoms with E-state index in [0.717, 1.165) is 12.8 Å². The molecule has 2 aromatic heterocycles. The summed E-state index contributed by atoms with van der Waals surface area (Å²) in [5.41, 5.74) is 0.947. The molecular formula is C17H17N5O2. The van der Waals surface area contributed by atoms with E-state index in [1.807, 2.05) is 4.90 Å². The Balaban J connectivity index is 1.45. The summed E-state index contributed by atoms with van der Waals surface area (Å²) in [5.74, 6) is 1.59. The van der Waals surface area contributed by atoms with Gasteiger partial charge in [0.2, 0.25) is 17.5 Å². The normalized spacial score (nSPS) is 17.6. The molecule has 1 amide bonds. The second kappa shape index (κ2) is 5.96. The number of carbonyl (C=O) groups is 1. The van der Waals surface area contributed by atoms with Gasteiger partial charge in [-0.25, -0.2) is 4.98 Å². The van der Waals surface area contributed by atoms with Gasteiger partial charge in [0.15, 0.2) is 0 Å². The Hall–Kier alpha value is -2.88. The number of carbonyl (C=O) groups excluding carboxylic acids is 1. The van der Waals surface area contributed by atoms with Gasteiger partial charge in [-0.15, -0.1) is 0 Å². The summed E-state index contributed by atoms with van der Waals surface area (Å²) in [5, 5.41) is 9.28. The van der Waals surface area contributed by atoms with Crippen LogP contribution in [0.4, 0.5) is 5.88 Å². The van der Waals surface area contributed by atoms with Crippen molar-refractivity contribution in [2.45, 2.75) is 18.8 Å². The van der Waals surface area contributed by atoms with Gasteiger partial charge in [-0.05, 0) is 25.0 Å². The quantitative estimate of drug-likeness (QED) is 0.856. The molecule has 0 spiro atoms. The third kappa shape index (κ3) is 2.71. The molecule has 1 saturated carbocycles. The number of aromatic nitrogens is 2. The number of piperazine rings is 1. The first-order valence-electron chi connectivity index (χ1n) is 8.11. The van der Waals surface area contributed by atoms with E-state index in [-0.39, 0.29) is 5.91 Å². The topological polar surface area (TPSA) is 86.3 Å². The highest BCUT2D eigenvalue weighted by Gasteiger charge is 2.32. The largest absolute Gasteiger partial charge is 0.423 e. The first-order chi connectivity index (χ1) is 11.8. The highest BCUT2D eigenvalue weighted by Crippen LogP contribution is 2.41. The van der Waals surface area contributed by atoms with Crippen molar-refractivity contribution in [3.8, 4) is 6.07 Å². The van der Waals surface area contributed by atoms with Crippen LogP contribution in [0, 0.1) is 11.3 Å². The van der Waals surface area contributed by atoms with Gasteiger partial charge in [-0.3, -0.25) is 9.78 Å². The lowest BCUT2D eigenvalue weighted by Gasteiger charge is -2.34. The molecule has 1 aliphatic heterocycles. The highest BCUT2D eigenvalue weighted by molar-refractivity contribution is 5.94. The number of hydrogen-bond donors (Lipinski definition) is 0. The second-order valence-electron chi connectivity index (χ2n) is 6.11. The number of nitrogens with zero attached hydrogens (tertiary/aromatic N) is 5. The van der Waals surface area contributed by atoms with Crippen LogP contribution in [-0.4, -0.2) is 47.0 Å². The lowest BCUT2D eigenvalue weighted by atomic mass is 10.2. The van der Waals surface area contributed by atoms with E-state index >= 15 is 0 Å². The van der Waals surface area contributed by atoms with Crippen molar-refractivity contribution in [3.63, 3.8) is 0 Å². The smallest absolute Gasteiger partial charge is 0.255 e. The van der Waals surface area contributed by atoms with Crippen LogP contribution in [-0.2, 0) is 0 Å². The van der Waals surface area contributed by atoms with Crippen LogP contribution in [0.2, 0.25) is 0 Å². The van der Waals surface area contributed by atoms with E-state index in [4.69, 9.17) is 4.42 Å². The van der Waals surface area contributed by atoms with Crippen LogP contribution in [0.15, 0.2) is 28.9 Å². The van der Waals surface area contributed by atoms with E-state index in [2.05, 4.69) is 16.0 Å². The van der Waals surface area contributed by atoms with Crippen LogP contribution < -0.4 is 4.90 Å². The highest BCUT2D eigenvalue weighted by atomic mass is 16.4. The molecule has 2 aromatic rings. The molecule has 2 fully saturated rings. The fourth-order valence-electron chi connectivity index (χ4n) is 2.90. The van der Waals surface area contributed by atoms with Gasteiger partial charge in [0.05, 0.1) is 5.56 Å². The van der Waals surface area contributed by atoms with Crippen molar-refractivity contribution in [2.75, 3.05) is 31.1 Å². The van der Waals surface area contributed by atoms with Crippen LogP contribution >= 0.6 is 0 Å². The molecular weight excluding hydrogens is 306 g/mol. The molecule has 1 saturated heterocycles. The Morgan fingerprint density at radius 1 is 1.29 bits per heavy atom. The number of anilines is 1. The van der Waals surface area contributed by atoms with Crippen LogP contribution in [0.3, 0.4) is 0 Å². The third-order valence-corrected chi connectivity index (χ3v) is 4.42. The summed E-state index contributed by atoms with van der Waals surface area (Å²) in [6.45, 7) is 2.41. The molecule has 1 aliphatic carbocycles. The summed E-state index contributed by atoms with van der Waals surface area (Å²) in [7, 11) is 0. The Bertz CT molecular complexity index is 783. The Morgan fingerprint density at radius 3 is 2.71 bits per heavy atom. The third-order valence-electron chi connectivity index (χ3n) is 4.42. The molecule has 24 heavy (non-hydrogen) atoms. The fraction of sp³-hybridized carbons (Fsp3) is 0.412. The second-order valence-corrected chi connectivity index (χ2v) is 6.11. The summed E-state index contributed by atoms with van der Waals surface area (Å²) in [6.07, 6.45) is 5.40. The molecule has 2 aliphatic rings. The molecule has 0 atom stereocenters. The number of oxazole rings is 1. The van der Waals surface area contributed by atoms with Gasteiger partial charge in [0.1, 0.15) is 6.07 Å². The molecule has 0 radical (unpaired) electrons. The van der Waals surface area contributed by atoms with Crippen molar-refractivity contribution >= 4 is 11.8 Å². The average Bonchev–Trinajstić information content (AvgIpc) is 3.41. The van der Waals surface area contributed by atoms with Gasteiger partial charge in [-0.1, -0.05) is 0 Å². The Labute approximate surface area is 139 Å². The molecule has 7 nitrogen and oxygen atoms in total. The number of nitriles is 1. The summed E-state index contributed by atoms with van der Waals surface area (Å²) >= 11 is 0. The molecule has 122 valence electrons. The van der Waals surface area contributed by atoms with Gasteiger partial charge < -0.3 is 14.2 Å². The molecule has 4 rings (SSSR count). The van der Waals surface area contributed by atoms with Crippen LogP contribution in [0.1, 0.15) is 40.7 Å². The summed E-state index contributed by atoms with van der Waals surface area (Å²) in [6, 6.07) is 5.65. The summed E-state index contributed by atoms with van der Waals surface area (Å²) in [4.78, 5) is 24.6. The van der Waals surface area contributed by atoms with Crippen LogP contribution in [0.25, 0.3) is 0 Å². The zero-order valence-corrected chi connectivity index (χ0v) is 13.2. The number of rotatable bonds is 3. The van der Waals surface area contributed by atoms with Crippen molar-refractivity contribution in [1.82, 2.24) is 14.9 Å². The number of amides is 1. The minimum atomic E-state index is -0.0144. The van der Waals surface area contributed by atoms with Gasteiger partial charge in [0, 0.05) is 44.5 Å². The van der Waals surface area contributed by atoms with Gasteiger partial charge >= 0.3 is 0 Å². The Morgan fingerprint density at radius 2 is 2.08 bits per heavy atom. The SMILES string of the molecule is N#Cc1nc(C2CC2)oc1N1CCN(C(=O)c2cccnc2)CC1. The zero-order chi connectivity index (χ0) is 16.5. The van der Waals surface area contributed by atoms with E-state index in [1.165, 1.54) is 0 Å². The van der Waals surface area contributed by atoms with Crippen molar-refractivity contribution in [2.24, 2.45) is 0 Å². The van der Waals surface area contributed by atoms with E-state index in [9.17, 15) is 10.1 Å². The summed E-state index contributed by atoms with van der Waals surface area (Å²) < 4.78 is 5.83. The maximum absolute atomic E-state index is 12.4. The Kier molecular flexibility index (Phi) is 3.65. The molecule has 0 N–H and O–H groups in total. The fourth-order valence-corrected chi connectivity index (χ4v) is 2.90. The first kappa shape index (κ1) is 14.7. The molecule has 7 heteroatoms. The average molecular weight is 323 g/mol. The first-order valence-corrected chi connectivity index (χ1v) is 8.11. The lowest BCUT2D eigenvalue weighted by molar-refractivity contribution is 0.0745. The van der Waals surface area contributed by atoms with Crippen molar-refractivity contribution in [3.05, 3.63) is 41.7 Å². The van der Waals surface area contributed by atoms with Crippen molar-refractivity contribution < 1.29 is 9.21 Å². The lowest BCUT2D eigenvalue weighted by Crippen LogP contribution is -2.48. The molecule has 0 bridgehead atoms. The monoisotopic (exact) mass is 323 g/mol. The van der Waals surface area contributed by atoms with Crippen molar-refractivity contribution in [1.29, 1.82) is 5.26 Å². The van der Waals surface area contributed by atoms with Gasteiger partial charge in [0.25, 0.3) is 5.91 Å². The van der Waals surface area contributed by atoms with Gasteiger partial charge in [-0.2, -0.15) is 5.26 Å². The zero-order valence-electron chi connectivity index (χ0n) is 13.2.